The van der Waals surface area contributed by atoms with Gasteiger partial charge in [-0.2, -0.15) is 0 Å². The summed E-state index contributed by atoms with van der Waals surface area (Å²) in [6.45, 7) is 10.0. The van der Waals surface area contributed by atoms with Gasteiger partial charge in [-0.25, -0.2) is 4.79 Å². The number of nitrogens with zero attached hydrogens (tertiary/aromatic N) is 2. The molecule has 3 aliphatic rings. The van der Waals surface area contributed by atoms with E-state index in [1.54, 1.807) is 69.3 Å². The maximum atomic E-state index is 12.9. The van der Waals surface area contributed by atoms with Gasteiger partial charge in [-0.1, -0.05) is 58.5 Å². The molecule has 0 amide bonds. The van der Waals surface area contributed by atoms with Gasteiger partial charge >= 0.3 is 23.2 Å². The number of ether oxygens (including phenoxy) is 4. The van der Waals surface area contributed by atoms with E-state index < -0.39 is 10.7 Å². The molecule has 0 radical (unpaired) electrons. The van der Waals surface area contributed by atoms with Gasteiger partial charge in [0.25, 0.3) is 0 Å². The summed E-state index contributed by atoms with van der Waals surface area (Å²) in [6, 6.07) is 13.7. The Morgan fingerprint density at radius 1 is 0.706 bits per heavy atom. The predicted octanol–water partition coefficient (Wildman–Crippen LogP) is 6.97. The molecule has 5 rings (SSSR count). The second-order valence-electron chi connectivity index (χ2n) is 14.0. The third-order valence-corrected chi connectivity index (χ3v) is 11.7. The molecule has 2 aromatic rings. The molecule has 1 fully saturated rings. The fourth-order valence-electron chi connectivity index (χ4n) is 6.63. The molecule has 0 saturated carbocycles. The van der Waals surface area contributed by atoms with Crippen molar-refractivity contribution >= 4 is 57.4 Å². The third kappa shape index (κ3) is 11.6. The van der Waals surface area contributed by atoms with Crippen LogP contribution in [0.1, 0.15) is 57.6 Å². The van der Waals surface area contributed by atoms with Crippen molar-refractivity contribution in [3.8, 4) is 11.5 Å². The molecular formula is C38H48N2O8S3. The Balaban J connectivity index is 1.18. The highest BCUT2D eigenvalue weighted by Gasteiger charge is 2.38. The summed E-state index contributed by atoms with van der Waals surface area (Å²) in [5.41, 5.74) is 2.39. The Hall–Kier alpha value is -3.29. The van der Waals surface area contributed by atoms with E-state index in [2.05, 4.69) is 22.4 Å². The van der Waals surface area contributed by atoms with Crippen LogP contribution < -0.4 is 9.47 Å². The van der Waals surface area contributed by atoms with E-state index >= 15 is 0 Å². The SMILES string of the molecule is CC(C)(C)C(=O)Oc1ccc(CC(=O)OCCC2CCN3CCSSCCN4CCC(CCOC(=O)Cc5ccc(OC(=O)S)cc5)C2=C43)cc1. The topological polar surface area (TPSA) is 112 Å². The van der Waals surface area contributed by atoms with Gasteiger partial charge in [0.05, 0.1) is 31.5 Å². The number of hydrogen-bond donors (Lipinski definition) is 1. The first-order valence-electron chi connectivity index (χ1n) is 17.6. The number of carbonyl (C=O) groups is 4. The molecule has 13 heteroatoms. The summed E-state index contributed by atoms with van der Waals surface area (Å²) >= 11 is 3.62. The van der Waals surface area contributed by atoms with Crippen LogP contribution in [0.4, 0.5) is 4.79 Å². The molecule has 2 atom stereocenters. The molecule has 3 aliphatic heterocycles. The smallest absolute Gasteiger partial charge is 0.369 e. The zero-order valence-corrected chi connectivity index (χ0v) is 32.1. The fourth-order valence-corrected chi connectivity index (χ4v) is 8.72. The third-order valence-electron chi connectivity index (χ3n) is 9.23. The van der Waals surface area contributed by atoms with Gasteiger partial charge in [0, 0.05) is 37.7 Å². The second-order valence-corrected chi connectivity index (χ2v) is 17.1. The molecule has 51 heavy (non-hydrogen) atoms. The zero-order chi connectivity index (χ0) is 36.4. The highest BCUT2D eigenvalue weighted by atomic mass is 33.1. The van der Waals surface area contributed by atoms with E-state index in [1.165, 1.54) is 11.4 Å². The van der Waals surface area contributed by atoms with Gasteiger partial charge in [-0.3, -0.25) is 14.4 Å². The monoisotopic (exact) mass is 756 g/mol. The lowest BCUT2D eigenvalue weighted by Gasteiger charge is -2.48. The first kappa shape index (κ1) is 38.9. The number of esters is 3. The van der Waals surface area contributed by atoms with Gasteiger partial charge in [0.2, 0.25) is 0 Å². The van der Waals surface area contributed by atoms with Crippen LogP contribution in [-0.2, 0) is 36.7 Å². The molecule has 0 aromatic heterocycles. The summed E-state index contributed by atoms with van der Waals surface area (Å²) in [6.07, 6.45) is 3.74. The Bertz CT molecular complexity index is 1550. The van der Waals surface area contributed by atoms with E-state index in [-0.39, 0.29) is 42.6 Å². The van der Waals surface area contributed by atoms with E-state index in [9.17, 15) is 19.2 Å². The van der Waals surface area contributed by atoms with Crippen LogP contribution in [0.3, 0.4) is 0 Å². The standard InChI is InChI=1S/C38H48N2O8S3/c1-38(2,3)36(43)47-30-8-4-26(5-9-30)24-32(41)45-20-14-28-12-16-39-18-22-50-51-23-19-40-17-13-29(34(28)35(39)40)15-21-46-33(42)25-27-6-10-31(11-7-27)48-37(44)49/h4-11,28-29H,12-25H2,1-3H3,(H,44,49). The minimum Gasteiger partial charge on any atom is -0.465 e. The minimum absolute atomic E-state index is 0.132. The number of carbonyl (C=O) groups excluding carboxylic acids is 4. The summed E-state index contributed by atoms with van der Waals surface area (Å²) < 4.78 is 21.9. The van der Waals surface area contributed by atoms with Crippen LogP contribution in [0.25, 0.3) is 0 Å². The zero-order valence-electron chi connectivity index (χ0n) is 29.6. The minimum atomic E-state index is -0.693. The van der Waals surface area contributed by atoms with Crippen LogP contribution >= 0.6 is 34.2 Å². The van der Waals surface area contributed by atoms with Crippen LogP contribution in [0.2, 0.25) is 0 Å². The lowest BCUT2D eigenvalue weighted by molar-refractivity contribution is -0.144. The number of benzene rings is 2. The van der Waals surface area contributed by atoms with Crippen molar-refractivity contribution in [3.05, 3.63) is 71.1 Å². The lowest BCUT2D eigenvalue weighted by Crippen LogP contribution is -2.48. The summed E-state index contributed by atoms with van der Waals surface area (Å²) in [4.78, 5) is 54.0. The normalized spacial score (nSPS) is 19.2. The summed E-state index contributed by atoms with van der Waals surface area (Å²) in [7, 11) is 3.88. The molecular weight excluding hydrogens is 709 g/mol. The molecule has 10 nitrogen and oxygen atoms in total. The van der Waals surface area contributed by atoms with Crippen LogP contribution in [-0.4, -0.2) is 83.9 Å². The number of thiol groups is 1. The van der Waals surface area contributed by atoms with Crippen molar-refractivity contribution in [1.82, 2.24) is 9.80 Å². The molecule has 276 valence electrons. The first-order valence-corrected chi connectivity index (χ1v) is 20.5. The van der Waals surface area contributed by atoms with Crippen molar-refractivity contribution in [2.24, 2.45) is 17.3 Å². The van der Waals surface area contributed by atoms with Crippen LogP contribution in [0, 0.1) is 17.3 Å². The van der Waals surface area contributed by atoms with Crippen molar-refractivity contribution < 1.29 is 38.1 Å². The van der Waals surface area contributed by atoms with Gasteiger partial charge in [0.1, 0.15) is 17.3 Å². The van der Waals surface area contributed by atoms with Gasteiger partial charge < -0.3 is 28.7 Å². The largest absolute Gasteiger partial charge is 0.465 e. The van der Waals surface area contributed by atoms with E-state index in [1.807, 2.05) is 21.6 Å². The molecule has 0 N–H and O–H groups in total. The van der Waals surface area contributed by atoms with Gasteiger partial charge in [-0.15, -0.1) is 0 Å². The quantitative estimate of drug-likeness (QED) is 0.105. The Morgan fingerprint density at radius 3 is 1.59 bits per heavy atom. The fraction of sp³-hybridized carbons (Fsp3) is 0.526. The van der Waals surface area contributed by atoms with E-state index in [4.69, 9.17) is 18.9 Å². The highest BCUT2D eigenvalue weighted by Crippen LogP contribution is 2.43. The number of hydrogen-bond acceptors (Lipinski definition) is 12. The molecule has 2 unspecified atom stereocenters. The average molecular weight is 757 g/mol. The average Bonchev–Trinajstić information content (AvgIpc) is 3.18. The maximum absolute atomic E-state index is 12.9. The van der Waals surface area contributed by atoms with Crippen LogP contribution in [0.5, 0.6) is 11.5 Å². The van der Waals surface area contributed by atoms with Crippen molar-refractivity contribution in [3.63, 3.8) is 0 Å². The summed E-state index contributed by atoms with van der Waals surface area (Å²) in [5, 5.41) is -0.693. The maximum Gasteiger partial charge on any atom is 0.369 e. The van der Waals surface area contributed by atoms with Crippen LogP contribution in [0.15, 0.2) is 59.9 Å². The van der Waals surface area contributed by atoms with Crippen molar-refractivity contribution in [1.29, 1.82) is 0 Å². The molecule has 0 aliphatic carbocycles. The van der Waals surface area contributed by atoms with Crippen molar-refractivity contribution in [2.45, 2.75) is 59.3 Å². The summed E-state index contributed by atoms with van der Waals surface area (Å²) in [5.74, 6) is 3.95. The Kier molecular flexibility index (Phi) is 14.1. The first-order chi connectivity index (χ1) is 24.5. The predicted molar refractivity (Wildman–Crippen MR) is 203 cm³/mol. The molecule has 3 heterocycles. The van der Waals surface area contributed by atoms with E-state index in [0.29, 0.717) is 24.7 Å². The van der Waals surface area contributed by atoms with Gasteiger partial charge in [0.15, 0.2) is 0 Å². The molecule has 0 spiro atoms. The Labute approximate surface area is 314 Å². The highest BCUT2D eigenvalue weighted by molar-refractivity contribution is 8.76. The lowest BCUT2D eigenvalue weighted by atomic mass is 9.76. The number of rotatable bonds is 12. The molecule has 2 aromatic carbocycles. The molecule has 1 saturated heterocycles. The number of allylic oxidation sites excluding steroid dienone is 1. The molecule has 0 bridgehead atoms. The van der Waals surface area contributed by atoms with Gasteiger partial charge in [-0.05, 0) is 99.3 Å². The van der Waals surface area contributed by atoms with Crippen molar-refractivity contribution in [2.75, 3.05) is 50.9 Å². The Morgan fingerprint density at radius 2 is 1.16 bits per heavy atom. The van der Waals surface area contributed by atoms with E-state index in [0.717, 1.165) is 74.5 Å². The second kappa shape index (κ2) is 18.5.